The van der Waals surface area contributed by atoms with E-state index in [0.717, 1.165) is 25.3 Å². The molecule has 1 saturated carbocycles. The molecule has 0 unspecified atom stereocenters. The average molecular weight is 208 g/mol. The van der Waals surface area contributed by atoms with Gasteiger partial charge in [-0.05, 0) is 44.1 Å². The van der Waals surface area contributed by atoms with E-state index in [-0.39, 0.29) is 5.54 Å². The first kappa shape index (κ1) is 12.5. The molecule has 0 spiro atoms. The molecule has 86 valence electrons. The normalized spacial score (nSPS) is 31.5. The Bertz CT molecular complexity index is 219. The zero-order valence-corrected chi connectivity index (χ0v) is 10.3. The molecular formula is C13H24N2. The second kappa shape index (κ2) is 5.51. The van der Waals surface area contributed by atoms with Crippen LogP contribution in [0.5, 0.6) is 0 Å². The predicted molar refractivity (Wildman–Crippen MR) is 63.4 cm³/mol. The number of nitrogens with one attached hydrogen (secondary N) is 1. The largest absolute Gasteiger partial charge is 0.299 e. The van der Waals surface area contributed by atoms with Crippen molar-refractivity contribution in [1.29, 1.82) is 5.26 Å². The maximum absolute atomic E-state index is 9.30. The van der Waals surface area contributed by atoms with Crippen molar-refractivity contribution in [3.8, 4) is 6.07 Å². The molecule has 0 amide bonds. The molecule has 15 heavy (non-hydrogen) atoms. The van der Waals surface area contributed by atoms with Gasteiger partial charge in [0, 0.05) is 0 Å². The van der Waals surface area contributed by atoms with Crippen LogP contribution in [-0.2, 0) is 0 Å². The molecule has 0 radical (unpaired) electrons. The third-order valence-electron chi connectivity index (χ3n) is 3.60. The monoisotopic (exact) mass is 208 g/mol. The van der Waals surface area contributed by atoms with Crippen LogP contribution in [0.25, 0.3) is 0 Å². The lowest BCUT2D eigenvalue weighted by atomic mass is 9.76. The summed E-state index contributed by atoms with van der Waals surface area (Å²) < 4.78 is 0. The Morgan fingerprint density at radius 2 is 2.00 bits per heavy atom. The summed E-state index contributed by atoms with van der Waals surface area (Å²) in [5.41, 5.74) is -0.212. The molecule has 1 aliphatic rings. The molecule has 2 heteroatoms. The fraction of sp³-hybridized carbons (Fsp3) is 0.923. The molecule has 0 aromatic rings. The number of hydrogen-bond acceptors (Lipinski definition) is 2. The van der Waals surface area contributed by atoms with Gasteiger partial charge in [-0.3, -0.25) is 5.32 Å². The first-order valence-electron chi connectivity index (χ1n) is 6.28. The molecular weight excluding hydrogens is 184 g/mol. The molecule has 1 fully saturated rings. The van der Waals surface area contributed by atoms with E-state index in [2.05, 4.69) is 32.2 Å². The molecule has 0 atom stereocenters. The van der Waals surface area contributed by atoms with E-state index in [1.165, 1.54) is 19.3 Å². The standard InChI is InChI=1S/C13H24N2/c1-4-12-5-7-13(10-14,8-6-12)15-9-11(2)3/h11-12,15H,4-9H2,1-3H3. The van der Waals surface area contributed by atoms with Gasteiger partial charge >= 0.3 is 0 Å². The van der Waals surface area contributed by atoms with E-state index in [1.807, 2.05) is 0 Å². The van der Waals surface area contributed by atoms with Gasteiger partial charge in [-0.1, -0.05) is 27.2 Å². The lowest BCUT2D eigenvalue weighted by Crippen LogP contribution is -2.48. The minimum Gasteiger partial charge on any atom is -0.299 e. The van der Waals surface area contributed by atoms with Crippen molar-refractivity contribution < 1.29 is 0 Å². The Balaban J connectivity index is 2.46. The van der Waals surface area contributed by atoms with Crippen LogP contribution in [0.3, 0.4) is 0 Å². The first-order valence-corrected chi connectivity index (χ1v) is 6.28. The lowest BCUT2D eigenvalue weighted by molar-refractivity contribution is 0.228. The Labute approximate surface area is 94.1 Å². The summed E-state index contributed by atoms with van der Waals surface area (Å²) >= 11 is 0. The molecule has 0 aliphatic heterocycles. The molecule has 2 nitrogen and oxygen atoms in total. The van der Waals surface area contributed by atoms with Crippen molar-refractivity contribution in [2.75, 3.05) is 6.54 Å². The summed E-state index contributed by atoms with van der Waals surface area (Å²) in [7, 11) is 0. The maximum atomic E-state index is 9.30. The number of hydrogen-bond donors (Lipinski definition) is 1. The molecule has 1 N–H and O–H groups in total. The van der Waals surface area contributed by atoms with Gasteiger partial charge in [0.25, 0.3) is 0 Å². The van der Waals surface area contributed by atoms with E-state index < -0.39 is 0 Å². The molecule has 0 saturated heterocycles. The lowest BCUT2D eigenvalue weighted by Gasteiger charge is -2.36. The number of nitriles is 1. The third-order valence-corrected chi connectivity index (χ3v) is 3.60. The predicted octanol–water partition coefficient (Wildman–Crippen LogP) is 3.09. The number of nitrogens with zero attached hydrogens (tertiary/aromatic N) is 1. The van der Waals surface area contributed by atoms with E-state index in [1.54, 1.807) is 0 Å². The van der Waals surface area contributed by atoms with Gasteiger partial charge in [-0.15, -0.1) is 0 Å². The van der Waals surface area contributed by atoms with Gasteiger partial charge in [0.1, 0.15) is 5.54 Å². The molecule has 1 aliphatic carbocycles. The molecule has 1 rings (SSSR count). The highest BCUT2D eigenvalue weighted by molar-refractivity contribution is 5.09. The van der Waals surface area contributed by atoms with Crippen LogP contribution in [0.4, 0.5) is 0 Å². The summed E-state index contributed by atoms with van der Waals surface area (Å²) in [6, 6.07) is 2.51. The van der Waals surface area contributed by atoms with Crippen molar-refractivity contribution >= 4 is 0 Å². The summed E-state index contributed by atoms with van der Waals surface area (Å²) in [6.07, 6.45) is 5.78. The first-order chi connectivity index (χ1) is 7.12. The van der Waals surface area contributed by atoms with Crippen molar-refractivity contribution in [3.05, 3.63) is 0 Å². The molecule has 0 heterocycles. The highest BCUT2D eigenvalue weighted by Crippen LogP contribution is 2.33. The summed E-state index contributed by atoms with van der Waals surface area (Å²) in [6.45, 7) is 7.60. The van der Waals surface area contributed by atoms with Crippen LogP contribution < -0.4 is 5.32 Å². The Hall–Kier alpha value is -0.550. The molecule has 0 bridgehead atoms. The maximum Gasteiger partial charge on any atom is 0.106 e. The van der Waals surface area contributed by atoms with Crippen molar-refractivity contribution in [2.45, 2.75) is 58.4 Å². The van der Waals surface area contributed by atoms with Crippen molar-refractivity contribution in [2.24, 2.45) is 11.8 Å². The van der Waals surface area contributed by atoms with E-state index >= 15 is 0 Å². The van der Waals surface area contributed by atoms with Crippen LogP contribution in [-0.4, -0.2) is 12.1 Å². The fourth-order valence-corrected chi connectivity index (χ4v) is 2.31. The van der Waals surface area contributed by atoms with Gasteiger partial charge < -0.3 is 0 Å². The number of rotatable bonds is 4. The van der Waals surface area contributed by atoms with E-state index in [4.69, 9.17) is 0 Å². The second-order valence-corrected chi connectivity index (χ2v) is 5.32. The van der Waals surface area contributed by atoms with Crippen LogP contribution >= 0.6 is 0 Å². The minimum atomic E-state index is -0.212. The topological polar surface area (TPSA) is 35.8 Å². The van der Waals surface area contributed by atoms with Crippen molar-refractivity contribution in [3.63, 3.8) is 0 Å². The molecule has 0 aromatic heterocycles. The Morgan fingerprint density at radius 3 is 2.40 bits per heavy atom. The zero-order valence-electron chi connectivity index (χ0n) is 10.3. The zero-order chi connectivity index (χ0) is 11.3. The fourth-order valence-electron chi connectivity index (χ4n) is 2.31. The minimum absolute atomic E-state index is 0.212. The van der Waals surface area contributed by atoms with Gasteiger partial charge in [-0.25, -0.2) is 0 Å². The SMILES string of the molecule is CCC1CCC(C#N)(NCC(C)C)CC1. The smallest absolute Gasteiger partial charge is 0.106 e. The average Bonchev–Trinajstić information content (AvgIpc) is 2.27. The van der Waals surface area contributed by atoms with Gasteiger partial charge in [0.15, 0.2) is 0 Å². The van der Waals surface area contributed by atoms with Crippen molar-refractivity contribution in [1.82, 2.24) is 5.32 Å². The van der Waals surface area contributed by atoms with Gasteiger partial charge in [0.2, 0.25) is 0 Å². The van der Waals surface area contributed by atoms with Crippen LogP contribution in [0.1, 0.15) is 52.9 Å². The van der Waals surface area contributed by atoms with Crippen LogP contribution in [0.2, 0.25) is 0 Å². The third kappa shape index (κ3) is 3.50. The summed E-state index contributed by atoms with van der Waals surface area (Å²) in [5.74, 6) is 1.48. The molecule has 0 aromatic carbocycles. The highest BCUT2D eigenvalue weighted by atomic mass is 15.0. The van der Waals surface area contributed by atoms with E-state index in [0.29, 0.717) is 5.92 Å². The second-order valence-electron chi connectivity index (χ2n) is 5.32. The summed E-state index contributed by atoms with van der Waals surface area (Å²) in [4.78, 5) is 0. The van der Waals surface area contributed by atoms with E-state index in [9.17, 15) is 5.26 Å². The quantitative estimate of drug-likeness (QED) is 0.770. The summed E-state index contributed by atoms with van der Waals surface area (Å²) in [5, 5.41) is 12.8. The van der Waals surface area contributed by atoms with Crippen LogP contribution in [0, 0.1) is 23.2 Å². The highest BCUT2D eigenvalue weighted by Gasteiger charge is 2.34. The van der Waals surface area contributed by atoms with Gasteiger partial charge in [0.05, 0.1) is 6.07 Å². The van der Waals surface area contributed by atoms with Crippen LogP contribution in [0.15, 0.2) is 0 Å². The van der Waals surface area contributed by atoms with Gasteiger partial charge in [-0.2, -0.15) is 5.26 Å². The Kier molecular flexibility index (Phi) is 4.60. The Morgan fingerprint density at radius 1 is 1.40 bits per heavy atom.